The van der Waals surface area contributed by atoms with Gasteiger partial charge in [0, 0.05) is 61.9 Å². The van der Waals surface area contributed by atoms with Crippen LogP contribution in [-0.2, 0) is 28.7 Å². The molecule has 2 fully saturated rings. The molecule has 1 aromatic heterocycles. The van der Waals surface area contributed by atoms with Crippen LogP contribution in [0.3, 0.4) is 0 Å². The molecule has 6 unspecified atom stereocenters. The lowest BCUT2D eigenvalue weighted by atomic mass is 10.0. The number of amidine groups is 1. The summed E-state index contributed by atoms with van der Waals surface area (Å²) < 4.78 is 5.98. The predicted molar refractivity (Wildman–Crippen MR) is 309 cm³/mol. The lowest BCUT2D eigenvalue weighted by Crippen LogP contribution is -2.43. The topological polar surface area (TPSA) is 211 Å². The van der Waals surface area contributed by atoms with Crippen LogP contribution in [0, 0.1) is 28.9 Å². The van der Waals surface area contributed by atoms with Gasteiger partial charge in [0.25, 0.3) is 0 Å². The average molecular weight is 1010 g/mol. The van der Waals surface area contributed by atoms with Gasteiger partial charge in [-0.25, -0.2) is 4.99 Å². The summed E-state index contributed by atoms with van der Waals surface area (Å²) in [5, 5.41) is 26.2. The number of hydrogen-bond acceptors (Lipinski definition) is 11. The van der Waals surface area contributed by atoms with E-state index in [1.54, 1.807) is 19.3 Å². The molecular weight excluding hydrogens is 887 g/mol. The maximum atomic E-state index is 11.6. The molecule has 1 aromatic rings. The Hall–Kier alpha value is -4.11. The second kappa shape index (κ2) is 61.0. The number of pyridine rings is 1. The van der Waals surface area contributed by atoms with E-state index in [1.807, 2.05) is 79.3 Å². The van der Waals surface area contributed by atoms with E-state index >= 15 is 0 Å². The number of morpholine rings is 1. The zero-order valence-corrected chi connectivity index (χ0v) is 37.7. The number of aliphatic hydroxyl groups is 1. The molecule has 0 spiro atoms. The van der Waals surface area contributed by atoms with Gasteiger partial charge < -0.3 is 25.7 Å². The number of likely N-dealkylation sites (tertiary alicyclic amines) is 1. The summed E-state index contributed by atoms with van der Waals surface area (Å²) in [5.41, 5.74) is 6.14. The number of aromatic nitrogens is 1. The number of ketones is 1. The summed E-state index contributed by atoms with van der Waals surface area (Å²) >= 11 is 0. The number of imide groups is 1. The number of nitrogens with two attached hydrogens (primary N) is 1. The normalized spacial score (nSPS) is 14.2. The number of rotatable bonds is 12. The van der Waals surface area contributed by atoms with Crippen molar-refractivity contribution in [2.75, 3.05) is 39.5 Å². The highest BCUT2D eigenvalue weighted by Gasteiger charge is 2.28. The molecule has 0 radical (unpaired) electrons. The highest BCUT2D eigenvalue weighted by molar-refractivity contribution is 6.40. The molecule has 0 aliphatic carbocycles. The molecule has 0 bridgehead atoms. The minimum atomic E-state index is -0.206. The molecule has 6 atom stereocenters. The third kappa shape index (κ3) is 45.1. The number of Topliss-reactive ketones (excluding diaryl/α,β-unsaturated/α-hetero) is 1. The number of aliphatic imine (C=N–C) groups is 1. The van der Waals surface area contributed by atoms with Crippen LogP contribution in [-0.4, -0.2) is 95.8 Å². The third-order valence-electron chi connectivity index (χ3n) is 10.2. The number of carbonyl (C=O) groups is 5. The summed E-state index contributed by atoms with van der Waals surface area (Å²) in [6.07, 6.45) is 9.73. The molecular formula is C55H125N7O8. The van der Waals surface area contributed by atoms with E-state index in [0.29, 0.717) is 44.6 Å². The van der Waals surface area contributed by atoms with E-state index in [0.717, 1.165) is 62.8 Å². The van der Waals surface area contributed by atoms with E-state index in [9.17, 15) is 29.2 Å². The fourth-order valence-corrected chi connectivity index (χ4v) is 4.54. The Kier molecular flexibility index (Phi) is 89.8. The summed E-state index contributed by atoms with van der Waals surface area (Å²) in [5.74, 6) is 1.15. The zero-order chi connectivity index (χ0) is 44.8. The predicted octanol–water partition coefficient (Wildman–Crippen LogP) is 14.3. The Morgan fingerprint density at radius 1 is 0.671 bits per heavy atom. The second-order valence-corrected chi connectivity index (χ2v) is 14.9. The van der Waals surface area contributed by atoms with Gasteiger partial charge in [0.2, 0.25) is 35.2 Å². The van der Waals surface area contributed by atoms with Crippen LogP contribution in [0.15, 0.2) is 39.7 Å². The number of azo groups is 1. The Bertz CT molecular complexity index is 1390. The average Bonchev–Trinajstić information content (AvgIpc) is 3.95. The van der Waals surface area contributed by atoms with Gasteiger partial charge >= 0.3 is 0 Å². The minimum absolute atomic E-state index is 0. The van der Waals surface area contributed by atoms with E-state index in [1.165, 1.54) is 10.5 Å². The van der Waals surface area contributed by atoms with Crippen molar-refractivity contribution in [2.45, 2.75) is 236 Å². The Balaban J connectivity index is -0.0000000440. The molecule has 2 saturated heterocycles. The lowest BCUT2D eigenvalue weighted by molar-refractivity contribution is -0.605. The first-order valence-electron chi connectivity index (χ1n) is 21.2. The van der Waals surface area contributed by atoms with Crippen molar-refractivity contribution < 1.29 is 38.5 Å². The Labute approximate surface area is 437 Å². The maximum absolute atomic E-state index is 11.6. The van der Waals surface area contributed by atoms with Gasteiger partial charge in [-0.2, -0.15) is 9.84 Å². The SMILES string of the molecule is C.C.C.C.C.C.C.C.C.C.C.C.CCC(C)C(=O)C1=NCN=N1.CCC(C)C(=O)N1CCCC1=O.CCC(C)C(=O)N1CCOCC1.CCC(C)C(N)=O.CCC(C)O.CCC(C)c1cc[n+]([O-])cc1. The molecule has 4 rings (SSSR count). The van der Waals surface area contributed by atoms with Gasteiger partial charge in [-0.3, -0.25) is 28.9 Å². The Morgan fingerprint density at radius 3 is 1.39 bits per heavy atom. The first-order chi connectivity index (χ1) is 27.4. The van der Waals surface area contributed by atoms with Gasteiger partial charge in [0.15, 0.2) is 19.1 Å². The Morgan fingerprint density at radius 2 is 1.09 bits per heavy atom. The van der Waals surface area contributed by atoms with Gasteiger partial charge in [-0.1, -0.05) is 165 Å². The first-order valence-corrected chi connectivity index (χ1v) is 21.2. The van der Waals surface area contributed by atoms with E-state index in [4.69, 9.17) is 15.6 Å². The monoisotopic (exact) mass is 1010 g/mol. The van der Waals surface area contributed by atoms with Crippen molar-refractivity contribution in [3.8, 4) is 0 Å². The van der Waals surface area contributed by atoms with Gasteiger partial charge in [0.1, 0.15) is 0 Å². The number of amides is 4. The second-order valence-electron chi connectivity index (χ2n) is 14.9. The first kappa shape index (κ1) is 103. The van der Waals surface area contributed by atoms with E-state index < -0.39 is 0 Å². The molecule has 4 heterocycles. The molecule has 15 nitrogen and oxygen atoms in total. The van der Waals surface area contributed by atoms with Crippen LogP contribution in [0.2, 0.25) is 0 Å². The summed E-state index contributed by atoms with van der Waals surface area (Å²) in [4.78, 5) is 62.8. The van der Waals surface area contributed by atoms with E-state index in [-0.39, 0.29) is 148 Å². The fourth-order valence-electron chi connectivity index (χ4n) is 4.54. The standard InChI is InChI=1S/C9H17NO2.C9H15NO2.C9H13NO.C7H11N3O.C5H11NO.C4H10O.12CH4/c1-3-8(2)9(11)10-4-6-12-7-5-10;1-3-7(2)9(12)10-6-4-5-8(10)11;1-3-8(2)9-4-6-10(11)7-5-9;1-3-5(2)6(11)7-8-4-9-10-7;1-3-4(2)5(6)7;1-3-4(2)5;;;;;;;;;;;;/h8H,3-7H2,1-2H3;7H,3-6H2,1-2H3;4-8H,3H2,1-2H3;5H,3-4H2,1-2H3;4H,3H2,1-2H3,(H2,6,7);4-5H,3H2,1-2H3;12*1H4. The van der Waals surface area contributed by atoms with Gasteiger partial charge in [0.05, 0.1) is 19.3 Å². The minimum Gasteiger partial charge on any atom is -0.619 e. The van der Waals surface area contributed by atoms with Crippen LogP contribution >= 0.6 is 0 Å². The van der Waals surface area contributed by atoms with Crippen molar-refractivity contribution >= 4 is 35.2 Å². The summed E-state index contributed by atoms with van der Waals surface area (Å²) in [7, 11) is 0. The molecule has 0 aromatic carbocycles. The summed E-state index contributed by atoms with van der Waals surface area (Å²) in [6.45, 7) is 27.4. The van der Waals surface area contributed by atoms with Crippen LogP contribution in [0.4, 0.5) is 0 Å². The van der Waals surface area contributed by atoms with Crippen molar-refractivity contribution in [1.29, 1.82) is 0 Å². The van der Waals surface area contributed by atoms with Crippen molar-refractivity contribution in [2.24, 2.45) is 44.6 Å². The van der Waals surface area contributed by atoms with Crippen LogP contribution in [0.1, 0.15) is 235 Å². The van der Waals surface area contributed by atoms with Gasteiger partial charge in [-0.05, 0) is 63.4 Å². The van der Waals surface area contributed by atoms with E-state index in [2.05, 4.69) is 29.1 Å². The highest BCUT2D eigenvalue weighted by atomic mass is 16.5. The lowest BCUT2D eigenvalue weighted by Gasteiger charge is -2.28. The zero-order valence-electron chi connectivity index (χ0n) is 37.7. The molecule has 428 valence electrons. The molecule has 3 aliphatic rings. The van der Waals surface area contributed by atoms with Crippen molar-refractivity contribution in [1.82, 2.24) is 9.80 Å². The number of nitrogens with zero attached hydrogens (tertiary/aromatic N) is 6. The fraction of sp³-hybridized carbons (Fsp3) is 0.800. The van der Waals surface area contributed by atoms with Crippen LogP contribution in [0.5, 0.6) is 0 Å². The summed E-state index contributed by atoms with van der Waals surface area (Å²) in [6, 6.07) is 3.75. The molecule has 15 heteroatoms. The largest absolute Gasteiger partial charge is 0.619 e. The van der Waals surface area contributed by atoms with Crippen molar-refractivity contribution in [3.05, 3.63) is 35.3 Å². The number of ether oxygens (including phenoxy) is 1. The van der Waals surface area contributed by atoms with Gasteiger partial charge in [-0.15, -0.1) is 5.11 Å². The third-order valence-corrected chi connectivity index (χ3v) is 10.2. The maximum Gasteiger partial charge on any atom is 0.231 e. The quantitative estimate of drug-likeness (QED) is 0.151. The molecule has 70 heavy (non-hydrogen) atoms. The number of hydrogen-bond donors (Lipinski definition) is 2. The molecule has 3 aliphatic heterocycles. The smallest absolute Gasteiger partial charge is 0.231 e. The highest BCUT2D eigenvalue weighted by Crippen LogP contribution is 2.16. The number of carbonyl (C=O) groups excluding carboxylic acids is 5. The van der Waals surface area contributed by atoms with Crippen LogP contribution < -0.4 is 10.5 Å². The molecule has 4 amide bonds. The number of aliphatic hydroxyl groups excluding tert-OH is 1. The van der Waals surface area contributed by atoms with Crippen molar-refractivity contribution in [3.63, 3.8) is 0 Å². The van der Waals surface area contributed by atoms with Crippen LogP contribution in [0.25, 0.3) is 0 Å². The molecule has 3 N–H and O–H groups in total. The molecule has 0 saturated carbocycles. The number of primary amides is 1.